The maximum Gasteiger partial charge on any atom is 0.159 e. The second-order valence-electron chi connectivity index (χ2n) is 5.19. The zero-order valence-electron chi connectivity index (χ0n) is 11.3. The van der Waals surface area contributed by atoms with Crippen molar-refractivity contribution in [3.8, 4) is 0 Å². The topological polar surface area (TPSA) is 32.3 Å². The van der Waals surface area contributed by atoms with Gasteiger partial charge in [0.05, 0.1) is 0 Å². The molecule has 1 N–H and O–H groups in total. The Kier molecular flexibility index (Phi) is 4.37. The number of hydrogen-bond donors (Lipinski definition) is 1. The van der Waals surface area contributed by atoms with E-state index in [0.29, 0.717) is 6.04 Å². The normalized spacial score (nSPS) is 17.7. The van der Waals surface area contributed by atoms with E-state index in [4.69, 9.17) is 0 Å². The number of ketones is 1. The number of hydrogen-bond acceptors (Lipinski definition) is 3. The minimum Gasteiger partial charge on any atom is -0.381 e. The van der Waals surface area contributed by atoms with Gasteiger partial charge >= 0.3 is 0 Å². The number of rotatable bonds is 5. The molecule has 0 amide bonds. The third-order valence-corrected chi connectivity index (χ3v) is 3.44. The molecule has 1 aliphatic rings. The Morgan fingerprint density at radius 3 is 2.44 bits per heavy atom. The molecule has 98 valence electrons. The van der Waals surface area contributed by atoms with E-state index in [1.807, 2.05) is 24.3 Å². The summed E-state index contributed by atoms with van der Waals surface area (Å²) in [5.74, 6) is 0.117. The van der Waals surface area contributed by atoms with E-state index in [1.165, 1.54) is 25.9 Å². The Balaban J connectivity index is 1.86. The Morgan fingerprint density at radius 1 is 1.28 bits per heavy atom. The largest absolute Gasteiger partial charge is 0.381 e. The van der Waals surface area contributed by atoms with Crippen molar-refractivity contribution < 1.29 is 4.79 Å². The molecule has 1 aromatic rings. The highest BCUT2D eigenvalue weighted by molar-refractivity contribution is 5.94. The number of likely N-dealkylation sites (tertiary alicyclic amines) is 1. The molecule has 1 atom stereocenters. The fourth-order valence-corrected chi connectivity index (χ4v) is 2.48. The van der Waals surface area contributed by atoms with E-state index in [9.17, 15) is 4.79 Å². The van der Waals surface area contributed by atoms with Crippen LogP contribution in [0, 0.1) is 0 Å². The smallest absolute Gasteiger partial charge is 0.159 e. The lowest BCUT2D eigenvalue weighted by molar-refractivity contribution is 0.101. The molecule has 0 spiro atoms. The van der Waals surface area contributed by atoms with Crippen molar-refractivity contribution in [1.82, 2.24) is 4.90 Å². The molecule has 0 bridgehead atoms. The van der Waals surface area contributed by atoms with Crippen LogP contribution in [0.15, 0.2) is 24.3 Å². The first-order chi connectivity index (χ1) is 8.65. The molecule has 1 heterocycles. The molecular weight excluding hydrogens is 224 g/mol. The predicted molar refractivity (Wildman–Crippen MR) is 75.2 cm³/mol. The SMILES string of the molecule is CC(=O)c1ccc(NC(C)CN2CCCC2)cc1. The predicted octanol–water partition coefficient (Wildman–Crippen LogP) is 2.79. The van der Waals surface area contributed by atoms with Crippen molar-refractivity contribution in [3.05, 3.63) is 29.8 Å². The van der Waals surface area contributed by atoms with Gasteiger partial charge in [-0.2, -0.15) is 0 Å². The minimum absolute atomic E-state index is 0.117. The molecule has 1 unspecified atom stereocenters. The molecule has 1 fully saturated rings. The van der Waals surface area contributed by atoms with Gasteiger partial charge in [0.2, 0.25) is 0 Å². The Bertz CT molecular complexity index is 393. The number of benzene rings is 1. The van der Waals surface area contributed by atoms with Crippen LogP contribution in [-0.2, 0) is 0 Å². The van der Waals surface area contributed by atoms with Crippen LogP contribution in [0.3, 0.4) is 0 Å². The van der Waals surface area contributed by atoms with Crippen LogP contribution in [0.4, 0.5) is 5.69 Å². The summed E-state index contributed by atoms with van der Waals surface area (Å²) in [5, 5.41) is 3.48. The van der Waals surface area contributed by atoms with Crippen LogP contribution >= 0.6 is 0 Å². The third-order valence-electron chi connectivity index (χ3n) is 3.44. The van der Waals surface area contributed by atoms with Crippen LogP contribution < -0.4 is 5.32 Å². The summed E-state index contributed by atoms with van der Waals surface area (Å²) in [6.07, 6.45) is 2.67. The van der Waals surface area contributed by atoms with Crippen molar-refractivity contribution in [2.75, 3.05) is 25.0 Å². The lowest BCUT2D eigenvalue weighted by Gasteiger charge is -2.22. The summed E-state index contributed by atoms with van der Waals surface area (Å²) in [6, 6.07) is 8.17. The van der Waals surface area contributed by atoms with Crippen LogP contribution in [0.5, 0.6) is 0 Å². The molecule has 1 saturated heterocycles. The quantitative estimate of drug-likeness (QED) is 0.811. The van der Waals surface area contributed by atoms with Gasteiger partial charge < -0.3 is 10.2 Å². The second-order valence-corrected chi connectivity index (χ2v) is 5.19. The number of Topliss-reactive ketones (excluding diaryl/α,β-unsaturated/α-hetero) is 1. The molecular formula is C15H22N2O. The fourth-order valence-electron chi connectivity index (χ4n) is 2.48. The van der Waals surface area contributed by atoms with Crippen LogP contribution in [0.2, 0.25) is 0 Å². The highest BCUT2D eigenvalue weighted by Gasteiger charge is 2.14. The van der Waals surface area contributed by atoms with Crippen molar-refractivity contribution in [2.24, 2.45) is 0 Å². The average molecular weight is 246 g/mol. The Morgan fingerprint density at radius 2 is 1.89 bits per heavy atom. The summed E-state index contributed by atoms with van der Waals surface area (Å²) in [7, 11) is 0. The van der Waals surface area contributed by atoms with Gasteiger partial charge in [0.25, 0.3) is 0 Å². The van der Waals surface area contributed by atoms with Crippen molar-refractivity contribution in [3.63, 3.8) is 0 Å². The number of carbonyl (C=O) groups excluding carboxylic acids is 1. The van der Waals surface area contributed by atoms with Crippen molar-refractivity contribution in [1.29, 1.82) is 0 Å². The van der Waals surface area contributed by atoms with E-state index >= 15 is 0 Å². The van der Waals surface area contributed by atoms with E-state index in [2.05, 4.69) is 17.1 Å². The van der Waals surface area contributed by atoms with Crippen molar-refractivity contribution >= 4 is 11.5 Å². The summed E-state index contributed by atoms with van der Waals surface area (Å²) in [6.45, 7) is 7.36. The highest BCUT2D eigenvalue weighted by Crippen LogP contribution is 2.13. The number of nitrogens with one attached hydrogen (secondary N) is 1. The number of anilines is 1. The summed E-state index contributed by atoms with van der Waals surface area (Å²) >= 11 is 0. The van der Waals surface area contributed by atoms with Crippen molar-refractivity contribution in [2.45, 2.75) is 32.7 Å². The van der Waals surface area contributed by atoms with Gasteiger partial charge in [-0.1, -0.05) is 0 Å². The molecule has 0 radical (unpaired) electrons. The number of carbonyl (C=O) groups is 1. The molecule has 0 aromatic heterocycles. The van der Waals surface area contributed by atoms with Crippen LogP contribution in [-0.4, -0.2) is 36.4 Å². The zero-order chi connectivity index (χ0) is 13.0. The maximum absolute atomic E-state index is 11.2. The third kappa shape index (κ3) is 3.57. The Hall–Kier alpha value is -1.35. The monoisotopic (exact) mass is 246 g/mol. The molecule has 2 rings (SSSR count). The molecule has 1 aliphatic heterocycles. The molecule has 18 heavy (non-hydrogen) atoms. The minimum atomic E-state index is 0.117. The standard InChI is InChI=1S/C15H22N2O/c1-12(11-17-9-3-4-10-17)16-15-7-5-14(6-8-15)13(2)18/h5-8,12,16H,3-4,9-11H2,1-2H3. The molecule has 1 aromatic carbocycles. The molecule has 0 saturated carbocycles. The molecule has 3 heteroatoms. The maximum atomic E-state index is 11.2. The second kappa shape index (κ2) is 6.01. The van der Waals surface area contributed by atoms with Gasteiger partial charge in [0.1, 0.15) is 0 Å². The van der Waals surface area contributed by atoms with E-state index in [0.717, 1.165) is 17.8 Å². The van der Waals surface area contributed by atoms with Gasteiger partial charge in [0.15, 0.2) is 5.78 Å². The van der Waals surface area contributed by atoms with E-state index in [1.54, 1.807) is 6.92 Å². The van der Waals surface area contributed by atoms with Gasteiger partial charge in [0, 0.05) is 23.8 Å². The van der Waals surface area contributed by atoms with Gasteiger partial charge in [-0.05, 0) is 64.0 Å². The summed E-state index contributed by atoms with van der Waals surface area (Å²) in [4.78, 5) is 13.7. The zero-order valence-corrected chi connectivity index (χ0v) is 11.3. The van der Waals surface area contributed by atoms with Crippen LogP contribution in [0.25, 0.3) is 0 Å². The molecule has 0 aliphatic carbocycles. The number of nitrogens with zero attached hydrogens (tertiary/aromatic N) is 1. The lowest BCUT2D eigenvalue weighted by Crippen LogP contribution is -2.32. The molecule has 3 nitrogen and oxygen atoms in total. The first kappa shape index (κ1) is 13.1. The van der Waals surface area contributed by atoms with Gasteiger partial charge in [-0.3, -0.25) is 4.79 Å². The van der Waals surface area contributed by atoms with Gasteiger partial charge in [-0.25, -0.2) is 0 Å². The average Bonchev–Trinajstić information content (AvgIpc) is 2.82. The van der Waals surface area contributed by atoms with Crippen LogP contribution in [0.1, 0.15) is 37.0 Å². The fraction of sp³-hybridized carbons (Fsp3) is 0.533. The first-order valence-electron chi connectivity index (χ1n) is 6.75. The summed E-state index contributed by atoms with van der Waals surface area (Å²) < 4.78 is 0. The lowest BCUT2D eigenvalue weighted by atomic mass is 10.1. The highest BCUT2D eigenvalue weighted by atomic mass is 16.1. The first-order valence-corrected chi connectivity index (χ1v) is 6.75. The summed E-state index contributed by atoms with van der Waals surface area (Å²) in [5.41, 5.74) is 1.86. The van der Waals surface area contributed by atoms with E-state index < -0.39 is 0 Å². The van der Waals surface area contributed by atoms with Gasteiger partial charge in [-0.15, -0.1) is 0 Å². The van der Waals surface area contributed by atoms with E-state index in [-0.39, 0.29) is 5.78 Å². The Labute approximate surface area is 109 Å².